The summed E-state index contributed by atoms with van der Waals surface area (Å²) in [7, 11) is 0. The highest BCUT2D eigenvalue weighted by atomic mass is 35.5. The van der Waals surface area contributed by atoms with Crippen molar-refractivity contribution in [1.82, 2.24) is 4.98 Å². The monoisotopic (exact) mass is 271 g/mol. The number of fused-ring (bicyclic) bond motifs is 1. The third-order valence-electron chi connectivity index (χ3n) is 3.04. The minimum Gasteiger partial charge on any atom is -0.503 e. The van der Waals surface area contributed by atoms with Gasteiger partial charge in [-0.1, -0.05) is 48.0 Å². The largest absolute Gasteiger partial charge is 0.503 e. The summed E-state index contributed by atoms with van der Waals surface area (Å²) in [6, 6.07) is 14.4. The van der Waals surface area contributed by atoms with Crippen LogP contribution in [0, 0.1) is 0 Å². The maximum absolute atomic E-state index is 11.8. The molecule has 0 unspecified atom stereocenters. The van der Waals surface area contributed by atoms with Crippen molar-refractivity contribution in [3.8, 4) is 16.9 Å². The van der Waals surface area contributed by atoms with Gasteiger partial charge in [0.15, 0.2) is 5.75 Å². The molecule has 0 amide bonds. The molecule has 0 radical (unpaired) electrons. The Morgan fingerprint density at radius 3 is 2.47 bits per heavy atom. The zero-order valence-electron chi connectivity index (χ0n) is 9.85. The van der Waals surface area contributed by atoms with E-state index in [1.54, 1.807) is 24.3 Å². The van der Waals surface area contributed by atoms with Gasteiger partial charge in [-0.25, -0.2) is 0 Å². The minimum atomic E-state index is -0.520. The van der Waals surface area contributed by atoms with Gasteiger partial charge in [-0.05, 0) is 12.1 Å². The fourth-order valence-electron chi connectivity index (χ4n) is 2.17. The number of hydrogen-bond acceptors (Lipinski definition) is 2. The normalized spacial score (nSPS) is 10.8. The van der Waals surface area contributed by atoms with Crippen molar-refractivity contribution < 1.29 is 5.11 Å². The average molecular weight is 272 g/mol. The van der Waals surface area contributed by atoms with Gasteiger partial charge in [0.1, 0.15) is 0 Å². The molecule has 3 aromatic rings. The number of para-hydroxylation sites is 1. The van der Waals surface area contributed by atoms with E-state index < -0.39 is 5.56 Å². The molecule has 0 aliphatic heterocycles. The molecule has 0 saturated carbocycles. The molecule has 0 atom stereocenters. The SMILES string of the molecule is O=c1[nH]c2ccccc2c(-c2ccccc2Cl)c1O. The van der Waals surface area contributed by atoms with E-state index in [1.165, 1.54) is 0 Å². The quantitative estimate of drug-likeness (QED) is 0.711. The van der Waals surface area contributed by atoms with E-state index in [4.69, 9.17) is 11.6 Å². The van der Waals surface area contributed by atoms with Gasteiger partial charge in [0.2, 0.25) is 0 Å². The number of H-pyrrole nitrogens is 1. The van der Waals surface area contributed by atoms with Crippen molar-refractivity contribution in [2.24, 2.45) is 0 Å². The number of pyridine rings is 1. The molecule has 94 valence electrons. The number of nitrogens with one attached hydrogen (secondary N) is 1. The fourth-order valence-corrected chi connectivity index (χ4v) is 2.40. The van der Waals surface area contributed by atoms with E-state index in [0.717, 1.165) is 5.39 Å². The maximum atomic E-state index is 11.8. The molecule has 3 nitrogen and oxygen atoms in total. The molecule has 0 spiro atoms. The van der Waals surface area contributed by atoms with E-state index in [0.29, 0.717) is 21.7 Å². The van der Waals surface area contributed by atoms with Crippen molar-refractivity contribution in [2.75, 3.05) is 0 Å². The first-order chi connectivity index (χ1) is 9.18. The second-order valence-electron chi connectivity index (χ2n) is 4.20. The Balaban J connectivity index is 2.50. The Morgan fingerprint density at radius 1 is 1.00 bits per heavy atom. The van der Waals surface area contributed by atoms with E-state index in [2.05, 4.69) is 4.98 Å². The Morgan fingerprint density at radius 2 is 1.68 bits per heavy atom. The number of aromatic hydroxyl groups is 1. The number of halogens is 1. The van der Waals surface area contributed by atoms with Crippen LogP contribution in [-0.4, -0.2) is 10.1 Å². The van der Waals surface area contributed by atoms with Crippen molar-refractivity contribution in [3.63, 3.8) is 0 Å². The summed E-state index contributed by atoms with van der Waals surface area (Å²) in [4.78, 5) is 14.4. The van der Waals surface area contributed by atoms with Crippen LogP contribution in [0.2, 0.25) is 5.02 Å². The summed E-state index contributed by atoms with van der Waals surface area (Å²) in [5.74, 6) is -0.313. The highest BCUT2D eigenvalue weighted by molar-refractivity contribution is 6.33. The van der Waals surface area contributed by atoms with Gasteiger partial charge >= 0.3 is 0 Å². The first-order valence-corrected chi connectivity index (χ1v) is 6.15. The summed E-state index contributed by atoms with van der Waals surface area (Å²) in [6.45, 7) is 0. The molecule has 0 bridgehead atoms. The molecule has 2 aromatic carbocycles. The molecule has 0 aliphatic rings. The van der Waals surface area contributed by atoms with Crippen molar-refractivity contribution >= 4 is 22.5 Å². The number of hydrogen-bond donors (Lipinski definition) is 2. The average Bonchev–Trinajstić information content (AvgIpc) is 2.42. The van der Waals surface area contributed by atoms with Gasteiger partial charge in [0.25, 0.3) is 5.56 Å². The lowest BCUT2D eigenvalue weighted by atomic mass is 10.0. The zero-order chi connectivity index (χ0) is 13.4. The molecule has 0 saturated heterocycles. The lowest BCUT2D eigenvalue weighted by Gasteiger charge is -2.10. The molecule has 19 heavy (non-hydrogen) atoms. The van der Waals surface area contributed by atoms with Crippen molar-refractivity contribution in [2.45, 2.75) is 0 Å². The molecule has 0 fully saturated rings. The molecular formula is C15H10ClNO2. The Kier molecular flexibility index (Phi) is 2.76. The van der Waals surface area contributed by atoms with Crippen LogP contribution < -0.4 is 5.56 Å². The third-order valence-corrected chi connectivity index (χ3v) is 3.37. The van der Waals surface area contributed by atoms with Crippen molar-refractivity contribution in [3.05, 3.63) is 63.9 Å². The topological polar surface area (TPSA) is 53.1 Å². The van der Waals surface area contributed by atoms with E-state index >= 15 is 0 Å². The van der Waals surface area contributed by atoms with Gasteiger partial charge in [-0.3, -0.25) is 4.79 Å². The van der Waals surface area contributed by atoms with Crippen LogP contribution in [0.3, 0.4) is 0 Å². The predicted molar refractivity (Wildman–Crippen MR) is 76.7 cm³/mol. The zero-order valence-corrected chi connectivity index (χ0v) is 10.6. The lowest BCUT2D eigenvalue weighted by molar-refractivity contribution is 0.470. The van der Waals surface area contributed by atoms with Crippen LogP contribution in [-0.2, 0) is 0 Å². The van der Waals surface area contributed by atoms with Crippen molar-refractivity contribution in [1.29, 1.82) is 0 Å². The summed E-state index contributed by atoms with van der Waals surface area (Å²) in [5, 5.41) is 11.3. The first kappa shape index (κ1) is 11.8. The van der Waals surface area contributed by atoms with Crippen LogP contribution in [0.4, 0.5) is 0 Å². The fraction of sp³-hybridized carbons (Fsp3) is 0. The van der Waals surface area contributed by atoms with Gasteiger partial charge in [0.05, 0.1) is 0 Å². The summed E-state index contributed by atoms with van der Waals surface area (Å²) in [5.41, 5.74) is 1.25. The highest BCUT2D eigenvalue weighted by Gasteiger charge is 2.15. The second-order valence-corrected chi connectivity index (χ2v) is 4.61. The molecule has 3 rings (SSSR count). The second kappa shape index (κ2) is 4.44. The van der Waals surface area contributed by atoms with Gasteiger partial charge in [-0.2, -0.15) is 0 Å². The molecule has 0 aliphatic carbocycles. The van der Waals surface area contributed by atoms with Gasteiger partial charge in [-0.15, -0.1) is 0 Å². The van der Waals surface area contributed by atoms with Crippen LogP contribution in [0.25, 0.3) is 22.0 Å². The molecule has 1 heterocycles. The Hall–Kier alpha value is -2.26. The van der Waals surface area contributed by atoms with Crippen LogP contribution in [0.5, 0.6) is 5.75 Å². The standard InChI is InChI=1S/C15H10ClNO2/c16-11-7-3-1-5-9(11)13-10-6-2-4-8-12(10)17-15(19)14(13)18/h1-8,18H,(H,17,19). The smallest absolute Gasteiger partial charge is 0.291 e. The van der Waals surface area contributed by atoms with Gasteiger partial charge in [0, 0.05) is 27.1 Å². The number of aromatic nitrogens is 1. The number of aromatic amines is 1. The minimum absolute atomic E-state index is 0.313. The predicted octanol–water partition coefficient (Wildman–Crippen LogP) is 3.55. The lowest BCUT2D eigenvalue weighted by Crippen LogP contribution is -2.06. The third kappa shape index (κ3) is 1.88. The van der Waals surface area contributed by atoms with E-state index in [9.17, 15) is 9.90 Å². The van der Waals surface area contributed by atoms with E-state index in [1.807, 2.05) is 24.3 Å². The molecule has 2 N–H and O–H groups in total. The Labute approximate surface area is 114 Å². The Bertz CT molecular complexity index is 824. The summed E-state index contributed by atoms with van der Waals surface area (Å²) in [6.07, 6.45) is 0. The van der Waals surface area contributed by atoms with Gasteiger partial charge < -0.3 is 10.1 Å². The molecule has 1 aromatic heterocycles. The highest BCUT2D eigenvalue weighted by Crippen LogP contribution is 2.36. The molecule has 4 heteroatoms. The van der Waals surface area contributed by atoms with E-state index in [-0.39, 0.29) is 5.75 Å². The van der Waals surface area contributed by atoms with Crippen LogP contribution >= 0.6 is 11.6 Å². The molecular weight excluding hydrogens is 262 g/mol. The first-order valence-electron chi connectivity index (χ1n) is 5.77. The maximum Gasteiger partial charge on any atom is 0.291 e. The summed E-state index contributed by atoms with van der Waals surface area (Å²) >= 11 is 6.16. The van der Waals surface area contributed by atoms with Crippen LogP contribution in [0.15, 0.2) is 53.3 Å². The number of benzene rings is 2. The van der Waals surface area contributed by atoms with Crippen LogP contribution in [0.1, 0.15) is 0 Å². The summed E-state index contributed by atoms with van der Waals surface area (Å²) < 4.78 is 0. The number of rotatable bonds is 1.